The lowest BCUT2D eigenvalue weighted by atomic mass is 10.1. The molecule has 7 nitrogen and oxygen atoms in total. The van der Waals surface area contributed by atoms with Crippen LogP contribution in [0.15, 0.2) is 42.5 Å². The van der Waals surface area contributed by atoms with Crippen molar-refractivity contribution < 1.29 is 14.4 Å². The van der Waals surface area contributed by atoms with Gasteiger partial charge in [0.2, 0.25) is 0 Å². The first kappa shape index (κ1) is 21.9. The van der Waals surface area contributed by atoms with Gasteiger partial charge in [0.05, 0.1) is 11.3 Å². The Morgan fingerprint density at radius 3 is 1.94 bits per heavy atom. The van der Waals surface area contributed by atoms with Crippen LogP contribution in [0, 0.1) is 13.8 Å². The minimum atomic E-state index is -0.448. The molecular weight excluding hydrogens is 404 g/mol. The normalized spacial score (nSPS) is 16.2. The first-order chi connectivity index (χ1) is 15.5. The Labute approximate surface area is 189 Å². The number of rotatable bonds is 3. The Morgan fingerprint density at radius 1 is 0.688 bits per heavy atom. The Kier molecular flexibility index (Phi) is 6.44. The molecule has 168 valence electrons. The van der Waals surface area contributed by atoms with Gasteiger partial charge in [-0.25, -0.2) is 0 Å². The van der Waals surface area contributed by atoms with Gasteiger partial charge < -0.3 is 20.0 Å². The molecule has 2 aliphatic heterocycles. The fourth-order valence-electron chi connectivity index (χ4n) is 4.28. The van der Waals surface area contributed by atoms with Crippen LogP contribution in [0.4, 0.5) is 11.4 Å². The second-order valence-electron chi connectivity index (χ2n) is 8.50. The highest BCUT2D eigenvalue weighted by molar-refractivity contribution is 6.35. The fourth-order valence-corrected chi connectivity index (χ4v) is 4.28. The number of nitrogens with one attached hydrogen (secondary N) is 1. The summed E-state index contributed by atoms with van der Waals surface area (Å²) in [6.07, 6.45) is 1.91. The summed E-state index contributed by atoms with van der Waals surface area (Å²) in [7, 11) is 0. The smallest absolute Gasteiger partial charge is 0.312 e. The Bertz CT molecular complexity index is 1020. The van der Waals surface area contributed by atoms with E-state index in [-0.39, 0.29) is 5.91 Å². The first-order valence-corrected chi connectivity index (χ1v) is 11.3. The Balaban J connectivity index is 1.42. The molecule has 2 fully saturated rings. The van der Waals surface area contributed by atoms with Crippen LogP contribution in [0.3, 0.4) is 0 Å². The summed E-state index contributed by atoms with van der Waals surface area (Å²) in [5, 5.41) is 3.41. The third-order valence-corrected chi connectivity index (χ3v) is 6.46. The molecule has 2 aliphatic rings. The number of carbonyl (C=O) groups excluding carboxylic acids is 3. The molecule has 1 N–H and O–H groups in total. The lowest BCUT2D eigenvalue weighted by Gasteiger charge is -2.35. The van der Waals surface area contributed by atoms with Gasteiger partial charge in [0.1, 0.15) is 0 Å². The van der Waals surface area contributed by atoms with Gasteiger partial charge in [-0.1, -0.05) is 24.3 Å². The molecule has 0 spiro atoms. The summed E-state index contributed by atoms with van der Waals surface area (Å²) in [4.78, 5) is 43.2. The van der Waals surface area contributed by atoms with E-state index in [4.69, 9.17) is 0 Å². The van der Waals surface area contributed by atoms with Crippen LogP contribution < -0.4 is 5.32 Å². The third-order valence-electron chi connectivity index (χ3n) is 6.46. The number of carbonyl (C=O) groups is 3. The number of nitrogens with zero attached hydrogens (tertiary/aromatic N) is 3. The molecule has 2 saturated heterocycles. The van der Waals surface area contributed by atoms with Crippen molar-refractivity contribution in [3.8, 4) is 0 Å². The predicted molar refractivity (Wildman–Crippen MR) is 124 cm³/mol. The van der Waals surface area contributed by atoms with Crippen LogP contribution in [0.1, 0.15) is 34.3 Å². The summed E-state index contributed by atoms with van der Waals surface area (Å²) in [6, 6.07) is 13.6. The molecule has 2 aromatic carbocycles. The van der Waals surface area contributed by atoms with E-state index in [2.05, 4.69) is 25.2 Å². The van der Waals surface area contributed by atoms with Crippen LogP contribution in [-0.4, -0.2) is 71.7 Å². The monoisotopic (exact) mass is 434 g/mol. The highest BCUT2D eigenvalue weighted by Crippen LogP contribution is 2.26. The van der Waals surface area contributed by atoms with Crippen LogP contribution in [-0.2, 0) is 9.59 Å². The van der Waals surface area contributed by atoms with Gasteiger partial charge in [-0.15, -0.1) is 0 Å². The molecule has 7 heteroatoms. The van der Waals surface area contributed by atoms with Gasteiger partial charge >= 0.3 is 11.8 Å². The number of aryl methyl sites for hydroxylation is 1. The van der Waals surface area contributed by atoms with Crippen molar-refractivity contribution in [3.05, 3.63) is 59.2 Å². The molecular formula is C25H30N4O3. The fraction of sp³-hybridized carbons (Fsp3) is 0.400. The molecule has 2 heterocycles. The maximum atomic E-state index is 13.3. The van der Waals surface area contributed by atoms with Crippen molar-refractivity contribution in [2.45, 2.75) is 26.7 Å². The number of hydrogen-bond donors (Lipinski definition) is 1. The standard InChI is InChI=1S/C25H30N4O3/c1-18-8-7-11-21(19(18)2)26-22-10-4-3-9-20(22)23(30)28-14-16-29(17-15-28)25(32)24(31)27-12-5-6-13-27/h3-4,7-11,26H,5-6,12-17H2,1-2H3. The van der Waals surface area contributed by atoms with Crippen molar-refractivity contribution in [3.63, 3.8) is 0 Å². The van der Waals surface area contributed by atoms with Crippen LogP contribution in [0.5, 0.6) is 0 Å². The highest BCUT2D eigenvalue weighted by atomic mass is 16.2. The molecule has 0 atom stereocenters. The molecule has 0 saturated carbocycles. The summed E-state index contributed by atoms with van der Waals surface area (Å²) in [5.74, 6) is -0.933. The summed E-state index contributed by atoms with van der Waals surface area (Å²) in [5.41, 5.74) is 4.66. The third kappa shape index (κ3) is 4.47. The largest absolute Gasteiger partial charge is 0.355 e. The van der Waals surface area contributed by atoms with Crippen LogP contribution >= 0.6 is 0 Å². The maximum Gasteiger partial charge on any atom is 0.312 e. The van der Waals surface area contributed by atoms with Gasteiger partial charge in [-0.2, -0.15) is 0 Å². The molecule has 0 radical (unpaired) electrons. The molecule has 0 bridgehead atoms. The summed E-state index contributed by atoms with van der Waals surface area (Å²) < 4.78 is 0. The zero-order valence-electron chi connectivity index (χ0n) is 18.8. The van der Waals surface area contributed by atoms with E-state index < -0.39 is 11.8 Å². The van der Waals surface area contributed by atoms with Gasteiger partial charge in [0, 0.05) is 45.0 Å². The molecule has 4 rings (SSSR count). The van der Waals surface area contributed by atoms with Crippen molar-refractivity contribution in [1.29, 1.82) is 0 Å². The van der Waals surface area contributed by atoms with Gasteiger partial charge in [-0.3, -0.25) is 14.4 Å². The van der Waals surface area contributed by atoms with Gasteiger partial charge in [-0.05, 0) is 56.0 Å². The van der Waals surface area contributed by atoms with Gasteiger partial charge in [0.15, 0.2) is 0 Å². The predicted octanol–water partition coefficient (Wildman–Crippen LogP) is 2.95. The minimum Gasteiger partial charge on any atom is -0.355 e. The molecule has 3 amide bonds. The Morgan fingerprint density at radius 2 is 1.25 bits per heavy atom. The van der Waals surface area contributed by atoms with Crippen LogP contribution in [0.25, 0.3) is 0 Å². The van der Waals surface area contributed by atoms with E-state index in [1.807, 2.05) is 36.4 Å². The topological polar surface area (TPSA) is 73.0 Å². The molecule has 32 heavy (non-hydrogen) atoms. The number of anilines is 2. The number of likely N-dealkylation sites (tertiary alicyclic amines) is 1. The van der Waals surface area contributed by atoms with Crippen molar-refractivity contribution >= 4 is 29.1 Å². The van der Waals surface area contributed by atoms with Crippen LogP contribution in [0.2, 0.25) is 0 Å². The lowest BCUT2D eigenvalue weighted by Crippen LogP contribution is -2.54. The van der Waals surface area contributed by atoms with Crippen molar-refractivity contribution in [2.24, 2.45) is 0 Å². The minimum absolute atomic E-state index is 0.0728. The zero-order chi connectivity index (χ0) is 22.7. The van der Waals surface area contributed by atoms with E-state index in [0.29, 0.717) is 44.8 Å². The second kappa shape index (κ2) is 9.42. The quantitative estimate of drug-likeness (QED) is 0.754. The molecule has 0 aliphatic carbocycles. The lowest BCUT2D eigenvalue weighted by molar-refractivity contribution is -0.152. The number of piperazine rings is 1. The maximum absolute atomic E-state index is 13.3. The van der Waals surface area contributed by atoms with E-state index in [9.17, 15) is 14.4 Å². The van der Waals surface area contributed by atoms with E-state index in [1.165, 1.54) is 5.56 Å². The van der Waals surface area contributed by atoms with Crippen molar-refractivity contribution in [2.75, 3.05) is 44.6 Å². The number of para-hydroxylation sites is 1. The molecule has 0 aromatic heterocycles. The van der Waals surface area contributed by atoms with Gasteiger partial charge in [0.25, 0.3) is 5.91 Å². The SMILES string of the molecule is Cc1cccc(Nc2ccccc2C(=O)N2CCN(C(=O)C(=O)N3CCCC3)CC2)c1C. The van der Waals surface area contributed by atoms with E-state index in [1.54, 1.807) is 14.7 Å². The summed E-state index contributed by atoms with van der Waals surface area (Å²) in [6.45, 7) is 7.01. The Hall–Kier alpha value is -3.35. The zero-order valence-corrected chi connectivity index (χ0v) is 18.8. The van der Waals surface area contributed by atoms with E-state index >= 15 is 0 Å². The molecule has 2 aromatic rings. The average Bonchev–Trinajstić information content (AvgIpc) is 3.36. The number of hydrogen-bond acceptors (Lipinski definition) is 4. The summed E-state index contributed by atoms with van der Waals surface area (Å²) >= 11 is 0. The number of benzene rings is 2. The number of amides is 3. The van der Waals surface area contributed by atoms with Crippen molar-refractivity contribution in [1.82, 2.24) is 14.7 Å². The molecule has 0 unspecified atom stereocenters. The first-order valence-electron chi connectivity index (χ1n) is 11.3. The average molecular weight is 435 g/mol. The second-order valence-corrected chi connectivity index (χ2v) is 8.50. The van der Waals surface area contributed by atoms with E-state index in [0.717, 1.165) is 29.8 Å². The highest BCUT2D eigenvalue weighted by Gasteiger charge is 2.32.